The fraction of sp³-hybridized carbons (Fsp3) is 0.250. The molecule has 1 heterocycles. The molecule has 0 spiro atoms. The average molecular weight is 209 g/mol. The number of hydrogen-bond donors (Lipinski definition) is 0. The smallest absolute Gasteiger partial charge is 0.301 e. The Morgan fingerprint density at radius 2 is 2.20 bits per heavy atom. The minimum Gasteiger partial charge on any atom is -0.491 e. The van der Waals surface area contributed by atoms with Gasteiger partial charge >= 0.3 is 5.69 Å². The van der Waals surface area contributed by atoms with Gasteiger partial charge in [-0.3, -0.25) is 10.1 Å². The first-order chi connectivity index (χ1) is 7.24. The number of nitro groups is 1. The summed E-state index contributed by atoms with van der Waals surface area (Å²) in [5, 5.41) is 17.7. The first-order valence-electron chi connectivity index (χ1n) is 4.26. The van der Waals surface area contributed by atoms with E-state index in [-0.39, 0.29) is 16.7 Å². The number of hydrogen-bond acceptors (Lipinski definition) is 6. The quantitative estimate of drug-likeness (QED) is 0.562. The van der Waals surface area contributed by atoms with Crippen LogP contribution >= 0.6 is 0 Å². The molecule has 0 fully saturated rings. The van der Waals surface area contributed by atoms with Gasteiger partial charge in [0, 0.05) is 6.07 Å². The Morgan fingerprint density at radius 3 is 2.87 bits per heavy atom. The van der Waals surface area contributed by atoms with Crippen LogP contribution in [0.25, 0.3) is 11.0 Å². The molecular weight excluding hydrogens is 202 g/mol. The summed E-state index contributed by atoms with van der Waals surface area (Å²) in [7, 11) is 0. The lowest BCUT2D eigenvalue weighted by atomic mass is 10.2. The third-order valence-corrected chi connectivity index (χ3v) is 1.85. The lowest BCUT2D eigenvalue weighted by molar-refractivity contribution is -0.383. The molecule has 0 bridgehead atoms. The Labute approximate surface area is 83.7 Å². The van der Waals surface area contributed by atoms with E-state index in [0.717, 1.165) is 0 Å². The summed E-state index contributed by atoms with van der Waals surface area (Å²) >= 11 is 0. The van der Waals surface area contributed by atoms with Crippen LogP contribution in [0.4, 0.5) is 5.69 Å². The van der Waals surface area contributed by atoms with Gasteiger partial charge in [-0.2, -0.15) is 0 Å². The van der Waals surface area contributed by atoms with E-state index < -0.39 is 4.92 Å². The molecule has 0 aliphatic rings. The topological polar surface area (TPSA) is 91.3 Å². The van der Waals surface area contributed by atoms with E-state index in [4.69, 9.17) is 4.74 Å². The van der Waals surface area contributed by atoms with E-state index >= 15 is 0 Å². The van der Waals surface area contributed by atoms with Crippen molar-refractivity contribution in [2.75, 3.05) is 6.61 Å². The Kier molecular flexibility index (Phi) is 2.20. The van der Waals surface area contributed by atoms with Gasteiger partial charge in [0.2, 0.25) is 5.52 Å². The Hall–Kier alpha value is -2.18. The van der Waals surface area contributed by atoms with E-state index in [1.165, 1.54) is 12.1 Å². The number of fused-ring (bicyclic) bond motifs is 1. The lowest BCUT2D eigenvalue weighted by Gasteiger charge is -2.01. The molecule has 0 unspecified atom stereocenters. The molecule has 1 aromatic carbocycles. The Bertz CT molecular complexity index is 508. The van der Waals surface area contributed by atoms with Crippen LogP contribution in [0.5, 0.6) is 5.75 Å². The predicted octanol–water partition coefficient (Wildman–Crippen LogP) is 1.53. The summed E-state index contributed by atoms with van der Waals surface area (Å²) < 4.78 is 9.69. The third kappa shape index (κ3) is 1.47. The first kappa shape index (κ1) is 9.38. The number of non-ortho nitro benzene ring substituents is 1. The molecule has 0 amide bonds. The van der Waals surface area contributed by atoms with Crippen molar-refractivity contribution in [3.63, 3.8) is 0 Å². The van der Waals surface area contributed by atoms with Crippen LogP contribution in [-0.2, 0) is 0 Å². The SMILES string of the molecule is CCOc1ccc([N+](=O)[O-])c2nonc12. The van der Waals surface area contributed by atoms with Gasteiger partial charge in [0.15, 0.2) is 11.3 Å². The van der Waals surface area contributed by atoms with Crippen LogP contribution in [0, 0.1) is 10.1 Å². The van der Waals surface area contributed by atoms with Crippen LogP contribution in [0.2, 0.25) is 0 Å². The average Bonchev–Trinajstić information content (AvgIpc) is 2.66. The zero-order valence-electron chi connectivity index (χ0n) is 7.84. The summed E-state index contributed by atoms with van der Waals surface area (Å²) in [6.07, 6.45) is 0. The van der Waals surface area contributed by atoms with E-state index in [1.54, 1.807) is 6.92 Å². The van der Waals surface area contributed by atoms with Crippen LogP contribution in [0.1, 0.15) is 6.92 Å². The molecule has 0 saturated heterocycles. The van der Waals surface area contributed by atoms with Crippen molar-refractivity contribution < 1.29 is 14.3 Å². The fourth-order valence-corrected chi connectivity index (χ4v) is 1.25. The van der Waals surface area contributed by atoms with E-state index in [9.17, 15) is 10.1 Å². The van der Waals surface area contributed by atoms with Crippen LogP contribution < -0.4 is 4.74 Å². The van der Waals surface area contributed by atoms with Crippen molar-refractivity contribution in [3.8, 4) is 5.75 Å². The van der Waals surface area contributed by atoms with Gasteiger partial charge in [0.05, 0.1) is 11.5 Å². The highest BCUT2D eigenvalue weighted by Gasteiger charge is 2.19. The maximum absolute atomic E-state index is 10.6. The van der Waals surface area contributed by atoms with Crippen molar-refractivity contribution in [3.05, 3.63) is 22.2 Å². The number of ether oxygens (including phenoxy) is 1. The van der Waals surface area contributed by atoms with Gasteiger partial charge in [0.25, 0.3) is 0 Å². The summed E-state index contributed by atoms with van der Waals surface area (Å²) in [6, 6.07) is 2.80. The third-order valence-electron chi connectivity index (χ3n) is 1.85. The molecule has 78 valence electrons. The van der Waals surface area contributed by atoms with E-state index in [1.807, 2.05) is 0 Å². The molecule has 0 atom stereocenters. The molecule has 0 saturated carbocycles. The van der Waals surface area contributed by atoms with Crippen molar-refractivity contribution in [2.24, 2.45) is 0 Å². The summed E-state index contributed by atoms with van der Waals surface area (Å²) in [6.45, 7) is 2.25. The Balaban J connectivity index is 2.65. The Morgan fingerprint density at radius 1 is 1.47 bits per heavy atom. The molecule has 2 aromatic rings. The van der Waals surface area contributed by atoms with Crippen LogP contribution in [0.3, 0.4) is 0 Å². The molecule has 2 rings (SSSR count). The number of nitro benzene ring substituents is 1. The molecule has 0 radical (unpaired) electrons. The van der Waals surface area contributed by atoms with Gasteiger partial charge < -0.3 is 4.74 Å². The summed E-state index contributed by atoms with van der Waals surface area (Å²) in [5.74, 6) is 0.430. The highest BCUT2D eigenvalue weighted by Crippen LogP contribution is 2.29. The molecule has 7 heteroatoms. The van der Waals surface area contributed by atoms with Gasteiger partial charge in [-0.1, -0.05) is 0 Å². The molecule has 0 aliphatic heterocycles. The van der Waals surface area contributed by atoms with E-state index in [2.05, 4.69) is 14.9 Å². The molecule has 7 nitrogen and oxygen atoms in total. The van der Waals surface area contributed by atoms with Crippen LogP contribution in [0.15, 0.2) is 16.8 Å². The zero-order valence-corrected chi connectivity index (χ0v) is 7.84. The first-order valence-corrected chi connectivity index (χ1v) is 4.26. The van der Waals surface area contributed by atoms with E-state index in [0.29, 0.717) is 12.4 Å². The highest BCUT2D eigenvalue weighted by molar-refractivity contribution is 5.88. The fourth-order valence-electron chi connectivity index (χ4n) is 1.25. The van der Waals surface area contributed by atoms with Gasteiger partial charge in [-0.15, -0.1) is 0 Å². The molecule has 0 N–H and O–H groups in total. The maximum Gasteiger partial charge on any atom is 0.301 e. The standard InChI is InChI=1S/C8H7N3O4/c1-2-14-6-4-3-5(11(12)13)7-8(6)10-15-9-7/h3-4H,2H2,1H3. The normalized spacial score (nSPS) is 10.5. The number of nitrogens with zero attached hydrogens (tertiary/aromatic N) is 3. The van der Waals surface area contributed by atoms with Crippen molar-refractivity contribution >= 4 is 16.7 Å². The van der Waals surface area contributed by atoms with Crippen molar-refractivity contribution in [1.29, 1.82) is 0 Å². The van der Waals surface area contributed by atoms with Gasteiger partial charge in [0.1, 0.15) is 0 Å². The largest absolute Gasteiger partial charge is 0.491 e. The number of rotatable bonds is 3. The molecular formula is C8H7N3O4. The second-order valence-electron chi connectivity index (χ2n) is 2.73. The maximum atomic E-state index is 10.6. The number of aromatic nitrogens is 2. The molecule has 0 aliphatic carbocycles. The lowest BCUT2D eigenvalue weighted by Crippen LogP contribution is -1.94. The number of benzene rings is 1. The minimum atomic E-state index is -0.539. The monoisotopic (exact) mass is 209 g/mol. The minimum absolute atomic E-state index is 0.103. The highest BCUT2D eigenvalue weighted by atomic mass is 16.6. The van der Waals surface area contributed by atoms with Crippen LogP contribution in [-0.4, -0.2) is 21.8 Å². The summed E-state index contributed by atoms with van der Waals surface area (Å²) in [4.78, 5) is 10.1. The second kappa shape index (κ2) is 3.52. The molecule has 1 aromatic heterocycles. The van der Waals surface area contributed by atoms with Crippen molar-refractivity contribution in [2.45, 2.75) is 6.92 Å². The zero-order chi connectivity index (χ0) is 10.8. The second-order valence-corrected chi connectivity index (χ2v) is 2.73. The predicted molar refractivity (Wildman–Crippen MR) is 49.6 cm³/mol. The summed E-state index contributed by atoms with van der Waals surface area (Å²) in [5.41, 5.74) is 0.228. The van der Waals surface area contributed by atoms with Gasteiger partial charge in [-0.05, 0) is 23.3 Å². The van der Waals surface area contributed by atoms with Crippen molar-refractivity contribution in [1.82, 2.24) is 10.3 Å². The molecule has 15 heavy (non-hydrogen) atoms. The van der Waals surface area contributed by atoms with Gasteiger partial charge in [-0.25, -0.2) is 4.63 Å².